The molecule has 0 radical (unpaired) electrons. The van der Waals surface area contributed by atoms with E-state index in [4.69, 9.17) is 4.74 Å². The van der Waals surface area contributed by atoms with Gasteiger partial charge in [0.1, 0.15) is 11.6 Å². The van der Waals surface area contributed by atoms with Crippen LogP contribution in [0, 0.1) is 0 Å². The molecule has 1 aromatic heterocycles. The molecular weight excluding hydrogens is 330 g/mol. The van der Waals surface area contributed by atoms with E-state index in [2.05, 4.69) is 4.98 Å². The van der Waals surface area contributed by atoms with Crippen molar-refractivity contribution in [2.45, 2.75) is 78.1 Å². The highest BCUT2D eigenvalue weighted by molar-refractivity contribution is 5.86. The fourth-order valence-corrected chi connectivity index (χ4v) is 3.10. The fraction of sp³-hybridized carbons (Fsp3) is 0.650. The lowest BCUT2D eigenvalue weighted by atomic mass is 10.0. The summed E-state index contributed by atoms with van der Waals surface area (Å²) in [7, 11) is 0. The summed E-state index contributed by atoms with van der Waals surface area (Å²) in [4.78, 5) is 33.6. The number of carbonyl (C=O) groups is 2. The monoisotopic (exact) mass is 361 g/mol. The van der Waals surface area contributed by atoms with Crippen molar-refractivity contribution >= 4 is 12.0 Å². The second-order valence-corrected chi connectivity index (χ2v) is 8.07. The summed E-state index contributed by atoms with van der Waals surface area (Å²) in [5, 5.41) is 0. The molecule has 26 heavy (non-hydrogen) atoms. The van der Waals surface area contributed by atoms with Crippen LogP contribution in [0.5, 0.6) is 0 Å². The van der Waals surface area contributed by atoms with Crippen molar-refractivity contribution in [3.63, 3.8) is 0 Å². The predicted octanol–water partition coefficient (Wildman–Crippen LogP) is 3.61. The lowest BCUT2D eigenvalue weighted by molar-refractivity contribution is -0.140. The second kappa shape index (κ2) is 8.52. The molecule has 1 atom stereocenters. The van der Waals surface area contributed by atoms with Gasteiger partial charge in [-0.05, 0) is 66.0 Å². The Labute approximate surface area is 156 Å². The van der Waals surface area contributed by atoms with Crippen molar-refractivity contribution in [2.75, 3.05) is 6.54 Å². The third-order valence-corrected chi connectivity index (χ3v) is 4.38. The van der Waals surface area contributed by atoms with Crippen molar-refractivity contribution in [1.82, 2.24) is 14.8 Å². The maximum Gasteiger partial charge on any atom is 0.410 e. The molecule has 144 valence electrons. The molecule has 0 saturated carbocycles. The first-order chi connectivity index (χ1) is 12.2. The molecule has 1 aliphatic rings. The van der Waals surface area contributed by atoms with Crippen LogP contribution < -0.4 is 0 Å². The summed E-state index contributed by atoms with van der Waals surface area (Å²) in [6.07, 6.45) is 3.82. The van der Waals surface area contributed by atoms with E-state index in [-0.39, 0.29) is 11.9 Å². The van der Waals surface area contributed by atoms with Gasteiger partial charge in [0.15, 0.2) is 0 Å². The van der Waals surface area contributed by atoms with Crippen LogP contribution in [0.4, 0.5) is 4.79 Å². The normalized spacial score (nSPS) is 17.9. The van der Waals surface area contributed by atoms with Crippen molar-refractivity contribution in [1.29, 1.82) is 0 Å². The molecule has 0 bridgehead atoms. The standard InChI is InChI=1S/C20H31N3O3/c1-15(2)23(14-16-10-6-8-12-21-16)18(24)17-11-7-9-13-22(17)19(25)26-20(3,4)5/h6,8,10,12,15,17H,7,9,11,13-14H2,1-5H3/t17-/m1/s1. The summed E-state index contributed by atoms with van der Waals surface area (Å²) < 4.78 is 5.52. The molecule has 1 saturated heterocycles. The van der Waals surface area contributed by atoms with Crippen LogP contribution in [-0.2, 0) is 16.1 Å². The number of piperidine rings is 1. The van der Waals surface area contributed by atoms with Gasteiger partial charge in [-0.3, -0.25) is 14.7 Å². The minimum Gasteiger partial charge on any atom is -0.444 e. The summed E-state index contributed by atoms with van der Waals surface area (Å²) in [6.45, 7) is 10.5. The minimum atomic E-state index is -0.576. The number of carbonyl (C=O) groups excluding carboxylic acids is 2. The maximum absolute atomic E-state index is 13.3. The zero-order valence-electron chi connectivity index (χ0n) is 16.6. The first kappa shape index (κ1) is 20.2. The molecule has 0 spiro atoms. The molecule has 0 aliphatic carbocycles. The Balaban J connectivity index is 2.17. The predicted molar refractivity (Wildman–Crippen MR) is 101 cm³/mol. The smallest absolute Gasteiger partial charge is 0.410 e. The summed E-state index contributed by atoms with van der Waals surface area (Å²) >= 11 is 0. The highest BCUT2D eigenvalue weighted by Gasteiger charge is 2.37. The Kier molecular flexibility index (Phi) is 6.62. The molecule has 1 aromatic rings. The molecule has 2 rings (SSSR count). The molecule has 1 aliphatic heterocycles. The molecule has 0 N–H and O–H groups in total. The Bertz CT molecular complexity index is 610. The number of aromatic nitrogens is 1. The third kappa shape index (κ3) is 5.44. The topological polar surface area (TPSA) is 62.7 Å². The largest absolute Gasteiger partial charge is 0.444 e. The van der Waals surface area contributed by atoms with Crippen LogP contribution in [0.25, 0.3) is 0 Å². The van der Waals surface area contributed by atoms with Crippen LogP contribution >= 0.6 is 0 Å². The number of hydrogen-bond donors (Lipinski definition) is 0. The van der Waals surface area contributed by atoms with E-state index >= 15 is 0 Å². The first-order valence-corrected chi connectivity index (χ1v) is 9.39. The van der Waals surface area contributed by atoms with Crippen LogP contribution in [0.15, 0.2) is 24.4 Å². The van der Waals surface area contributed by atoms with Crippen molar-refractivity contribution in [3.8, 4) is 0 Å². The van der Waals surface area contributed by atoms with E-state index in [9.17, 15) is 9.59 Å². The zero-order chi connectivity index (χ0) is 19.3. The van der Waals surface area contributed by atoms with Gasteiger partial charge in [0.05, 0.1) is 12.2 Å². The summed E-state index contributed by atoms with van der Waals surface area (Å²) in [6, 6.07) is 5.24. The van der Waals surface area contributed by atoms with Gasteiger partial charge in [0.2, 0.25) is 5.91 Å². The number of hydrogen-bond acceptors (Lipinski definition) is 4. The lowest BCUT2D eigenvalue weighted by Gasteiger charge is -2.39. The van der Waals surface area contributed by atoms with Crippen LogP contribution in [0.2, 0.25) is 0 Å². The molecular formula is C20H31N3O3. The lowest BCUT2D eigenvalue weighted by Crippen LogP contribution is -2.55. The first-order valence-electron chi connectivity index (χ1n) is 9.39. The van der Waals surface area contributed by atoms with E-state index in [0.717, 1.165) is 18.5 Å². The molecule has 2 heterocycles. The van der Waals surface area contributed by atoms with Gasteiger partial charge in [-0.15, -0.1) is 0 Å². The number of amides is 2. The van der Waals surface area contributed by atoms with E-state index in [1.54, 1.807) is 16.0 Å². The molecule has 2 amide bonds. The van der Waals surface area contributed by atoms with Crippen LogP contribution in [0.3, 0.4) is 0 Å². The average molecular weight is 361 g/mol. The van der Waals surface area contributed by atoms with Gasteiger partial charge in [-0.1, -0.05) is 6.07 Å². The third-order valence-electron chi connectivity index (χ3n) is 4.38. The van der Waals surface area contributed by atoms with Crippen molar-refractivity contribution in [2.24, 2.45) is 0 Å². The molecule has 6 nitrogen and oxygen atoms in total. The van der Waals surface area contributed by atoms with Crippen LogP contribution in [0.1, 0.15) is 59.6 Å². The number of pyridine rings is 1. The number of likely N-dealkylation sites (tertiary alicyclic amines) is 1. The fourth-order valence-electron chi connectivity index (χ4n) is 3.10. The zero-order valence-corrected chi connectivity index (χ0v) is 16.6. The second-order valence-electron chi connectivity index (χ2n) is 8.07. The van der Waals surface area contributed by atoms with E-state index in [0.29, 0.717) is 19.5 Å². The summed E-state index contributed by atoms with van der Waals surface area (Å²) in [5.74, 6) is -0.0313. The molecule has 0 aromatic carbocycles. The highest BCUT2D eigenvalue weighted by Crippen LogP contribution is 2.23. The van der Waals surface area contributed by atoms with E-state index < -0.39 is 17.7 Å². The van der Waals surface area contributed by atoms with Crippen molar-refractivity contribution in [3.05, 3.63) is 30.1 Å². The number of nitrogens with zero attached hydrogens (tertiary/aromatic N) is 3. The van der Waals surface area contributed by atoms with Gasteiger partial charge in [-0.25, -0.2) is 4.79 Å². The highest BCUT2D eigenvalue weighted by atomic mass is 16.6. The molecule has 0 unspecified atom stereocenters. The quantitative estimate of drug-likeness (QED) is 0.822. The Morgan fingerprint density at radius 2 is 2.04 bits per heavy atom. The average Bonchev–Trinajstić information content (AvgIpc) is 2.58. The van der Waals surface area contributed by atoms with Gasteiger partial charge < -0.3 is 9.64 Å². The number of rotatable bonds is 4. The Morgan fingerprint density at radius 3 is 2.62 bits per heavy atom. The van der Waals surface area contributed by atoms with Gasteiger partial charge >= 0.3 is 6.09 Å². The van der Waals surface area contributed by atoms with Gasteiger partial charge in [0, 0.05) is 18.8 Å². The van der Waals surface area contributed by atoms with Crippen LogP contribution in [-0.4, -0.2) is 51.0 Å². The van der Waals surface area contributed by atoms with Gasteiger partial charge in [0.25, 0.3) is 0 Å². The molecule has 6 heteroatoms. The minimum absolute atomic E-state index is 0.0203. The SMILES string of the molecule is CC(C)N(Cc1ccccn1)C(=O)[C@H]1CCCCN1C(=O)OC(C)(C)C. The maximum atomic E-state index is 13.3. The van der Waals surface area contributed by atoms with E-state index in [1.165, 1.54) is 0 Å². The number of ether oxygens (including phenoxy) is 1. The van der Waals surface area contributed by atoms with Gasteiger partial charge in [-0.2, -0.15) is 0 Å². The van der Waals surface area contributed by atoms with E-state index in [1.807, 2.05) is 52.8 Å². The summed E-state index contributed by atoms with van der Waals surface area (Å²) in [5.41, 5.74) is 0.266. The van der Waals surface area contributed by atoms with Crippen molar-refractivity contribution < 1.29 is 14.3 Å². The Morgan fingerprint density at radius 1 is 1.31 bits per heavy atom. The molecule has 1 fully saturated rings. The Hall–Kier alpha value is -2.11.